The van der Waals surface area contributed by atoms with E-state index < -0.39 is 0 Å². The molecule has 0 radical (unpaired) electrons. The number of likely N-dealkylation sites (tertiary alicyclic amines) is 1. The van der Waals surface area contributed by atoms with E-state index in [9.17, 15) is 0 Å². The summed E-state index contributed by atoms with van der Waals surface area (Å²) in [7, 11) is 0. The van der Waals surface area contributed by atoms with Crippen molar-refractivity contribution in [1.82, 2.24) is 4.90 Å². The van der Waals surface area contributed by atoms with Gasteiger partial charge in [-0.3, -0.25) is 4.90 Å². The third-order valence-electron chi connectivity index (χ3n) is 4.26. The number of rotatable bonds is 3. The van der Waals surface area contributed by atoms with E-state index in [1.807, 2.05) is 0 Å². The number of hydrogen-bond acceptors (Lipinski definition) is 3. The summed E-state index contributed by atoms with van der Waals surface area (Å²) in [5.74, 6) is 1.38. The smallest absolute Gasteiger partial charge is 0.0197 e. The van der Waals surface area contributed by atoms with Crippen LogP contribution >= 0.6 is 11.8 Å². The van der Waals surface area contributed by atoms with Crippen molar-refractivity contribution in [2.75, 3.05) is 18.8 Å². The Labute approximate surface area is 90.6 Å². The molecule has 2 bridgehead atoms. The predicted molar refractivity (Wildman–Crippen MR) is 61.6 cm³/mol. The lowest BCUT2D eigenvalue weighted by Crippen LogP contribution is -2.49. The van der Waals surface area contributed by atoms with Gasteiger partial charge in [0.25, 0.3) is 0 Å². The second kappa shape index (κ2) is 3.39. The predicted octanol–water partition coefficient (Wildman–Crippen LogP) is 1.45. The zero-order chi connectivity index (χ0) is 9.60. The Hall–Kier alpha value is 0.270. The number of nitrogens with two attached hydrogens (primary N) is 1. The molecule has 0 aromatic heterocycles. The highest BCUT2D eigenvalue weighted by Crippen LogP contribution is 2.39. The summed E-state index contributed by atoms with van der Waals surface area (Å²) < 4.78 is 0. The van der Waals surface area contributed by atoms with E-state index >= 15 is 0 Å². The summed E-state index contributed by atoms with van der Waals surface area (Å²) in [4.78, 5) is 2.69. The molecule has 3 heteroatoms. The van der Waals surface area contributed by atoms with Crippen LogP contribution in [0.4, 0.5) is 0 Å². The summed E-state index contributed by atoms with van der Waals surface area (Å²) in [5, 5.41) is 0.954. The second-order valence-corrected chi connectivity index (χ2v) is 6.64. The van der Waals surface area contributed by atoms with Gasteiger partial charge in [0.1, 0.15) is 0 Å². The first-order valence-electron chi connectivity index (χ1n) is 5.90. The monoisotopic (exact) mass is 212 g/mol. The fourth-order valence-electron chi connectivity index (χ4n) is 3.00. The molecule has 2 saturated heterocycles. The average Bonchev–Trinajstić information content (AvgIpc) is 2.72. The summed E-state index contributed by atoms with van der Waals surface area (Å²) in [6.07, 6.45) is 6.58. The van der Waals surface area contributed by atoms with Gasteiger partial charge in [-0.15, -0.1) is 0 Å². The van der Waals surface area contributed by atoms with Gasteiger partial charge in [0.2, 0.25) is 0 Å². The molecule has 2 N–H and O–H groups in total. The number of nitrogens with zero attached hydrogens (tertiary/aromatic N) is 1. The molecule has 2 nitrogen and oxygen atoms in total. The van der Waals surface area contributed by atoms with Crippen LogP contribution in [-0.2, 0) is 0 Å². The largest absolute Gasteiger partial charge is 0.325 e. The van der Waals surface area contributed by atoms with Crippen molar-refractivity contribution in [2.24, 2.45) is 5.73 Å². The van der Waals surface area contributed by atoms with Gasteiger partial charge >= 0.3 is 0 Å². The maximum atomic E-state index is 6.25. The Morgan fingerprint density at radius 2 is 2.29 bits per heavy atom. The first-order valence-corrected chi connectivity index (χ1v) is 6.95. The van der Waals surface area contributed by atoms with E-state index in [1.165, 1.54) is 50.9 Å². The van der Waals surface area contributed by atoms with Crippen molar-refractivity contribution < 1.29 is 0 Å². The fraction of sp³-hybridized carbons (Fsp3) is 1.00. The Kier molecular flexibility index (Phi) is 2.30. The second-order valence-electron chi connectivity index (χ2n) is 5.31. The summed E-state index contributed by atoms with van der Waals surface area (Å²) in [6, 6.07) is 0.897. The Balaban J connectivity index is 1.49. The van der Waals surface area contributed by atoms with Crippen molar-refractivity contribution in [2.45, 2.75) is 48.9 Å². The average molecular weight is 212 g/mol. The van der Waals surface area contributed by atoms with Crippen molar-refractivity contribution in [3.8, 4) is 0 Å². The molecule has 14 heavy (non-hydrogen) atoms. The molecule has 3 aliphatic rings. The minimum Gasteiger partial charge on any atom is -0.325 e. The molecule has 1 aliphatic carbocycles. The van der Waals surface area contributed by atoms with E-state index in [-0.39, 0.29) is 5.54 Å². The Bertz CT molecular complexity index is 227. The van der Waals surface area contributed by atoms with E-state index in [2.05, 4.69) is 16.7 Å². The zero-order valence-electron chi connectivity index (χ0n) is 8.74. The van der Waals surface area contributed by atoms with Gasteiger partial charge in [0.15, 0.2) is 0 Å². The van der Waals surface area contributed by atoms with E-state index in [4.69, 9.17) is 5.73 Å². The normalized spacial score (nSPS) is 40.1. The maximum absolute atomic E-state index is 6.25. The van der Waals surface area contributed by atoms with Crippen LogP contribution in [0.5, 0.6) is 0 Å². The van der Waals surface area contributed by atoms with E-state index in [1.54, 1.807) is 0 Å². The standard InChI is InChI=1S/C11H20N2S/c12-11(2-1-3-11)4-5-13-7-10-6-9(13)8-14-10/h9-10H,1-8,12H2. The highest BCUT2D eigenvalue weighted by molar-refractivity contribution is 8.00. The van der Waals surface area contributed by atoms with Crippen molar-refractivity contribution >= 4 is 11.8 Å². The quantitative estimate of drug-likeness (QED) is 0.768. The van der Waals surface area contributed by atoms with E-state index in [0.29, 0.717) is 0 Å². The van der Waals surface area contributed by atoms with Crippen LogP contribution in [0.2, 0.25) is 0 Å². The molecule has 0 aromatic rings. The SMILES string of the molecule is NC1(CCN2CC3CC2CS3)CCC1. The number of fused-ring (bicyclic) bond motifs is 2. The number of hydrogen-bond donors (Lipinski definition) is 1. The molecule has 3 rings (SSSR count). The van der Waals surface area contributed by atoms with Crippen LogP contribution in [-0.4, -0.2) is 40.6 Å². The molecular weight excluding hydrogens is 192 g/mol. The lowest BCUT2D eigenvalue weighted by atomic mass is 9.75. The van der Waals surface area contributed by atoms with Gasteiger partial charge in [-0.25, -0.2) is 0 Å². The molecule has 0 aromatic carbocycles. The van der Waals surface area contributed by atoms with Crippen LogP contribution in [0, 0.1) is 0 Å². The van der Waals surface area contributed by atoms with Crippen molar-refractivity contribution in [1.29, 1.82) is 0 Å². The summed E-state index contributed by atoms with van der Waals surface area (Å²) in [6.45, 7) is 2.60. The Morgan fingerprint density at radius 3 is 2.79 bits per heavy atom. The van der Waals surface area contributed by atoms with Gasteiger partial charge in [-0.2, -0.15) is 11.8 Å². The van der Waals surface area contributed by atoms with E-state index in [0.717, 1.165) is 11.3 Å². The topological polar surface area (TPSA) is 29.3 Å². The lowest BCUT2D eigenvalue weighted by molar-refractivity contribution is 0.178. The Morgan fingerprint density at radius 1 is 1.43 bits per heavy atom. The third kappa shape index (κ3) is 1.59. The minimum absolute atomic E-state index is 0.231. The van der Waals surface area contributed by atoms with Crippen LogP contribution in [0.3, 0.4) is 0 Å². The molecule has 80 valence electrons. The highest BCUT2D eigenvalue weighted by atomic mass is 32.2. The van der Waals surface area contributed by atoms with Gasteiger partial charge in [0, 0.05) is 35.7 Å². The zero-order valence-corrected chi connectivity index (χ0v) is 9.56. The molecule has 2 unspecified atom stereocenters. The van der Waals surface area contributed by atoms with Gasteiger partial charge in [-0.1, -0.05) is 0 Å². The first kappa shape index (κ1) is 9.49. The molecule has 3 fully saturated rings. The minimum atomic E-state index is 0.231. The van der Waals surface area contributed by atoms with Gasteiger partial charge in [-0.05, 0) is 32.1 Å². The maximum Gasteiger partial charge on any atom is 0.0197 e. The van der Waals surface area contributed by atoms with Gasteiger partial charge < -0.3 is 5.73 Å². The fourth-order valence-corrected chi connectivity index (χ4v) is 4.50. The van der Waals surface area contributed by atoms with Crippen molar-refractivity contribution in [3.05, 3.63) is 0 Å². The molecule has 0 spiro atoms. The lowest BCUT2D eigenvalue weighted by Gasteiger charge is -2.40. The van der Waals surface area contributed by atoms with Crippen LogP contribution in [0.15, 0.2) is 0 Å². The summed E-state index contributed by atoms with van der Waals surface area (Å²) >= 11 is 2.18. The van der Waals surface area contributed by atoms with Crippen LogP contribution < -0.4 is 5.73 Å². The molecule has 0 amide bonds. The van der Waals surface area contributed by atoms with Gasteiger partial charge in [0.05, 0.1) is 0 Å². The van der Waals surface area contributed by atoms with Crippen LogP contribution in [0.1, 0.15) is 32.1 Å². The third-order valence-corrected chi connectivity index (χ3v) is 5.65. The molecule has 2 atom stereocenters. The molecule has 1 saturated carbocycles. The highest BCUT2D eigenvalue weighted by Gasteiger charge is 2.40. The molecule has 2 aliphatic heterocycles. The molecule has 2 heterocycles. The molecular formula is C11H20N2S. The first-order chi connectivity index (χ1) is 6.75. The summed E-state index contributed by atoms with van der Waals surface area (Å²) in [5.41, 5.74) is 6.48. The van der Waals surface area contributed by atoms with Crippen LogP contribution in [0.25, 0.3) is 0 Å². The number of thioether (sulfide) groups is 1. The van der Waals surface area contributed by atoms with Crippen molar-refractivity contribution in [3.63, 3.8) is 0 Å².